The van der Waals surface area contributed by atoms with E-state index in [-0.39, 0.29) is 11.2 Å². The number of anilines is 1. The minimum atomic E-state index is -0.194. The molecule has 0 spiro atoms. The second-order valence-corrected chi connectivity index (χ2v) is 7.51. The van der Waals surface area contributed by atoms with Crippen molar-refractivity contribution in [3.63, 3.8) is 0 Å². The third-order valence-corrected chi connectivity index (χ3v) is 5.34. The Morgan fingerprint density at radius 3 is 2.64 bits per heavy atom. The van der Waals surface area contributed by atoms with Crippen LogP contribution in [0.2, 0.25) is 0 Å². The minimum absolute atomic E-state index is 0.0222. The van der Waals surface area contributed by atoms with Crippen molar-refractivity contribution in [3.8, 4) is 0 Å². The van der Waals surface area contributed by atoms with Crippen LogP contribution < -0.4 is 10.6 Å². The fraction of sp³-hybridized carbons (Fsp3) is 0.400. The van der Waals surface area contributed by atoms with E-state index in [1.807, 2.05) is 25.1 Å². The summed E-state index contributed by atoms with van der Waals surface area (Å²) in [6.45, 7) is 4.62. The lowest BCUT2D eigenvalue weighted by Crippen LogP contribution is -2.33. The maximum Gasteiger partial charge on any atom is 0.233 e. The van der Waals surface area contributed by atoms with Gasteiger partial charge in [0.15, 0.2) is 4.34 Å². The number of rotatable bonds is 7. The summed E-state index contributed by atoms with van der Waals surface area (Å²) in [6, 6.07) is 10.2. The quantitative estimate of drug-likeness (QED) is 0.761. The van der Waals surface area contributed by atoms with Gasteiger partial charge in [0, 0.05) is 13.6 Å². The number of benzene rings is 1. The largest absolute Gasteiger partial charge is 0.363 e. The molecule has 0 saturated carbocycles. The van der Waals surface area contributed by atoms with E-state index in [9.17, 15) is 4.79 Å². The van der Waals surface area contributed by atoms with Crippen LogP contribution in [0.15, 0.2) is 34.7 Å². The van der Waals surface area contributed by atoms with Crippen molar-refractivity contribution in [2.45, 2.75) is 29.4 Å². The Hall–Kier alpha value is -1.60. The molecule has 22 heavy (non-hydrogen) atoms. The van der Waals surface area contributed by atoms with Crippen LogP contribution in [0.1, 0.15) is 25.3 Å². The van der Waals surface area contributed by atoms with Crippen molar-refractivity contribution in [2.24, 2.45) is 0 Å². The molecular weight excluding hydrogens is 316 g/mol. The Morgan fingerprint density at radius 2 is 2.00 bits per heavy atom. The van der Waals surface area contributed by atoms with Crippen LogP contribution in [0.25, 0.3) is 0 Å². The number of carbonyl (C=O) groups excluding carboxylic acids is 1. The van der Waals surface area contributed by atoms with Gasteiger partial charge in [-0.1, -0.05) is 60.4 Å². The SMILES string of the molecule is CNc1nnc(S[C@@H](C)C(=O)NC[C@H](C)c2ccccc2)s1. The summed E-state index contributed by atoms with van der Waals surface area (Å²) in [5.41, 5.74) is 1.23. The standard InChI is InChI=1S/C15H20N4OS2/c1-10(12-7-5-4-6-8-12)9-17-13(20)11(2)21-15-19-18-14(16-3)22-15/h4-8,10-11H,9H2,1-3H3,(H,16,18)(H,17,20)/t10-,11-/m0/s1. The lowest BCUT2D eigenvalue weighted by Gasteiger charge is -2.15. The Kier molecular flexibility index (Phi) is 6.21. The first-order valence-electron chi connectivity index (χ1n) is 7.10. The van der Waals surface area contributed by atoms with E-state index in [1.165, 1.54) is 28.7 Å². The Morgan fingerprint density at radius 1 is 1.27 bits per heavy atom. The molecule has 1 aromatic carbocycles. The molecule has 118 valence electrons. The number of hydrogen-bond acceptors (Lipinski definition) is 6. The molecule has 2 rings (SSSR count). The molecule has 0 unspecified atom stereocenters. The van der Waals surface area contributed by atoms with Crippen LogP contribution in [0.3, 0.4) is 0 Å². The van der Waals surface area contributed by atoms with Gasteiger partial charge in [-0.05, 0) is 18.4 Å². The molecule has 0 bridgehead atoms. The highest BCUT2D eigenvalue weighted by Gasteiger charge is 2.17. The third kappa shape index (κ3) is 4.71. The summed E-state index contributed by atoms with van der Waals surface area (Å²) >= 11 is 2.88. The van der Waals surface area contributed by atoms with E-state index < -0.39 is 0 Å². The van der Waals surface area contributed by atoms with Gasteiger partial charge >= 0.3 is 0 Å². The van der Waals surface area contributed by atoms with E-state index >= 15 is 0 Å². The number of nitrogens with zero attached hydrogens (tertiary/aromatic N) is 2. The summed E-state index contributed by atoms with van der Waals surface area (Å²) in [6.07, 6.45) is 0. The van der Waals surface area contributed by atoms with Crippen molar-refractivity contribution < 1.29 is 4.79 Å². The van der Waals surface area contributed by atoms with Crippen molar-refractivity contribution in [3.05, 3.63) is 35.9 Å². The molecule has 1 heterocycles. The van der Waals surface area contributed by atoms with Gasteiger partial charge in [0.25, 0.3) is 0 Å². The lowest BCUT2D eigenvalue weighted by atomic mass is 10.0. The van der Waals surface area contributed by atoms with Gasteiger partial charge in [0.2, 0.25) is 11.0 Å². The minimum Gasteiger partial charge on any atom is -0.363 e. The molecule has 2 atom stereocenters. The molecule has 0 aliphatic heterocycles. The third-order valence-electron chi connectivity index (χ3n) is 3.22. The molecule has 0 aliphatic rings. The number of aromatic nitrogens is 2. The zero-order chi connectivity index (χ0) is 15.9. The predicted octanol–water partition coefficient (Wildman–Crippen LogP) is 2.98. The molecule has 0 radical (unpaired) electrons. The lowest BCUT2D eigenvalue weighted by molar-refractivity contribution is -0.120. The van der Waals surface area contributed by atoms with Crippen LogP contribution >= 0.6 is 23.1 Å². The molecule has 0 fully saturated rings. The van der Waals surface area contributed by atoms with Crippen molar-refractivity contribution in [1.29, 1.82) is 0 Å². The highest BCUT2D eigenvalue weighted by Crippen LogP contribution is 2.28. The summed E-state index contributed by atoms with van der Waals surface area (Å²) in [4.78, 5) is 12.2. The van der Waals surface area contributed by atoms with Crippen LogP contribution in [-0.2, 0) is 4.79 Å². The first-order chi connectivity index (χ1) is 10.6. The second kappa shape index (κ2) is 8.14. The first-order valence-corrected chi connectivity index (χ1v) is 8.80. The van der Waals surface area contributed by atoms with Gasteiger partial charge in [-0.15, -0.1) is 10.2 Å². The molecule has 0 saturated heterocycles. The van der Waals surface area contributed by atoms with Gasteiger partial charge < -0.3 is 10.6 Å². The monoisotopic (exact) mass is 336 g/mol. The fourth-order valence-corrected chi connectivity index (χ4v) is 3.73. The average Bonchev–Trinajstić information content (AvgIpc) is 3.00. The van der Waals surface area contributed by atoms with Gasteiger partial charge in [0.05, 0.1) is 5.25 Å². The van der Waals surface area contributed by atoms with Gasteiger partial charge in [0.1, 0.15) is 0 Å². The maximum absolute atomic E-state index is 12.2. The first kappa shape index (κ1) is 16.8. The highest BCUT2D eigenvalue weighted by atomic mass is 32.2. The Balaban J connectivity index is 1.81. The molecule has 7 heteroatoms. The van der Waals surface area contributed by atoms with Crippen molar-refractivity contribution >= 4 is 34.1 Å². The fourth-order valence-electron chi connectivity index (χ4n) is 1.86. The van der Waals surface area contributed by atoms with E-state index in [0.717, 1.165) is 9.47 Å². The molecule has 0 aliphatic carbocycles. The predicted molar refractivity (Wildman–Crippen MR) is 92.6 cm³/mol. The van der Waals surface area contributed by atoms with Crippen LogP contribution in [-0.4, -0.2) is 34.9 Å². The topological polar surface area (TPSA) is 66.9 Å². The van der Waals surface area contributed by atoms with Gasteiger partial charge in [-0.25, -0.2) is 0 Å². The molecule has 2 aromatic rings. The zero-order valence-corrected chi connectivity index (χ0v) is 14.5. The number of amides is 1. The zero-order valence-electron chi connectivity index (χ0n) is 12.9. The normalized spacial score (nSPS) is 13.4. The molecule has 2 N–H and O–H groups in total. The summed E-state index contributed by atoms with van der Waals surface area (Å²) in [7, 11) is 1.80. The maximum atomic E-state index is 12.2. The molecule has 1 amide bonds. The molecular formula is C15H20N4OS2. The van der Waals surface area contributed by atoms with E-state index in [1.54, 1.807) is 7.05 Å². The Bertz CT molecular complexity index is 603. The van der Waals surface area contributed by atoms with Crippen molar-refractivity contribution in [2.75, 3.05) is 18.9 Å². The molecule has 1 aromatic heterocycles. The van der Waals surface area contributed by atoms with Gasteiger partial charge in [-0.2, -0.15) is 0 Å². The highest BCUT2D eigenvalue weighted by molar-refractivity contribution is 8.02. The van der Waals surface area contributed by atoms with Crippen LogP contribution in [0.5, 0.6) is 0 Å². The summed E-state index contributed by atoms with van der Waals surface area (Å²) < 4.78 is 0.795. The Labute approximate surface area is 138 Å². The summed E-state index contributed by atoms with van der Waals surface area (Å²) in [5.74, 6) is 0.314. The van der Waals surface area contributed by atoms with Gasteiger partial charge in [-0.3, -0.25) is 4.79 Å². The number of hydrogen-bond donors (Lipinski definition) is 2. The molecule has 5 nitrogen and oxygen atoms in total. The summed E-state index contributed by atoms with van der Waals surface area (Å²) in [5, 5.41) is 14.5. The number of carbonyl (C=O) groups is 1. The van der Waals surface area contributed by atoms with E-state index in [0.29, 0.717) is 12.5 Å². The van der Waals surface area contributed by atoms with E-state index in [2.05, 4.69) is 39.9 Å². The number of nitrogens with one attached hydrogen (secondary N) is 2. The van der Waals surface area contributed by atoms with Crippen LogP contribution in [0.4, 0.5) is 5.13 Å². The van der Waals surface area contributed by atoms with Crippen molar-refractivity contribution in [1.82, 2.24) is 15.5 Å². The second-order valence-electron chi connectivity index (χ2n) is 4.94. The number of thioether (sulfide) groups is 1. The van der Waals surface area contributed by atoms with Crippen LogP contribution in [0, 0.1) is 0 Å². The average molecular weight is 336 g/mol. The van der Waals surface area contributed by atoms with E-state index in [4.69, 9.17) is 0 Å². The smallest absolute Gasteiger partial charge is 0.233 e.